The highest BCUT2D eigenvalue weighted by molar-refractivity contribution is 5.26. The van der Waals surface area contributed by atoms with Crippen LogP contribution in [-0.4, -0.2) is 40.6 Å². The first-order valence-electron chi connectivity index (χ1n) is 7.26. The van der Waals surface area contributed by atoms with E-state index in [2.05, 4.69) is 39.9 Å². The number of nitrogens with zero attached hydrogens (tertiary/aromatic N) is 3. The summed E-state index contributed by atoms with van der Waals surface area (Å²) >= 11 is 0. The van der Waals surface area contributed by atoms with E-state index in [1.807, 2.05) is 6.20 Å². The quantitative estimate of drug-likeness (QED) is 0.842. The molecule has 0 radical (unpaired) electrons. The maximum absolute atomic E-state index is 4.41. The topological polar surface area (TPSA) is 33.1 Å². The molecular weight excluding hydrogens is 224 g/mol. The predicted molar refractivity (Wildman–Crippen MR) is 75.9 cm³/mol. The second-order valence-electron chi connectivity index (χ2n) is 5.31. The summed E-state index contributed by atoms with van der Waals surface area (Å²) in [6.45, 7) is 5.54. The van der Waals surface area contributed by atoms with Crippen LogP contribution in [-0.2, 0) is 6.54 Å². The second-order valence-corrected chi connectivity index (χ2v) is 5.31. The zero-order chi connectivity index (χ0) is 12.8. The minimum atomic E-state index is 0.662. The van der Waals surface area contributed by atoms with Crippen LogP contribution < -0.4 is 5.32 Å². The number of hydrogen-bond acceptors (Lipinski definition) is 3. The molecule has 1 aromatic rings. The van der Waals surface area contributed by atoms with E-state index in [0.717, 1.165) is 19.0 Å². The number of nitrogens with one attached hydrogen (secondary N) is 1. The number of rotatable bonds is 6. The van der Waals surface area contributed by atoms with E-state index in [0.29, 0.717) is 6.04 Å². The van der Waals surface area contributed by atoms with Gasteiger partial charge in [-0.25, -0.2) is 4.98 Å². The molecule has 1 unspecified atom stereocenters. The average molecular weight is 250 g/mol. The van der Waals surface area contributed by atoms with Gasteiger partial charge >= 0.3 is 0 Å². The lowest BCUT2D eigenvalue weighted by Gasteiger charge is -2.32. The highest BCUT2D eigenvalue weighted by Crippen LogP contribution is 2.15. The molecule has 1 atom stereocenters. The Morgan fingerprint density at radius 1 is 1.44 bits per heavy atom. The first-order valence-corrected chi connectivity index (χ1v) is 7.26. The van der Waals surface area contributed by atoms with Gasteiger partial charge in [0.25, 0.3) is 0 Å². The van der Waals surface area contributed by atoms with Crippen LogP contribution in [0.3, 0.4) is 0 Å². The summed E-state index contributed by atoms with van der Waals surface area (Å²) in [7, 11) is 2.23. The Morgan fingerprint density at radius 3 is 3.11 bits per heavy atom. The SMILES string of the molecule is CCCCn1ccnc1NCC1CCCCN1C. The average Bonchev–Trinajstić information content (AvgIpc) is 2.83. The lowest BCUT2D eigenvalue weighted by Crippen LogP contribution is -2.41. The van der Waals surface area contributed by atoms with E-state index >= 15 is 0 Å². The van der Waals surface area contributed by atoms with Gasteiger partial charge in [-0.3, -0.25) is 0 Å². The number of piperidine rings is 1. The van der Waals surface area contributed by atoms with Gasteiger partial charge in [0.1, 0.15) is 0 Å². The molecule has 2 rings (SSSR count). The van der Waals surface area contributed by atoms with E-state index in [-0.39, 0.29) is 0 Å². The minimum Gasteiger partial charge on any atom is -0.354 e. The Morgan fingerprint density at radius 2 is 2.33 bits per heavy atom. The maximum atomic E-state index is 4.41. The highest BCUT2D eigenvalue weighted by atomic mass is 15.2. The van der Waals surface area contributed by atoms with Gasteiger partial charge in [-0.15, -0.1) is 0 Å². The molecule has 2 heterocycles. The number of imidazole rings is 1. The van der Waals surface area contributed by atoms with Gasteiger partial charge in [0.2, 0.25) is 5.95 Å². The van der Waals surface area contributed by atoms with Gasteiger partial charge in [-0.05, 0) is 32.9 Å². The third kappa shape index (κ3) is 3.48. The van der Waals surface area contributed by atoms with Crippen molar-refractivity contribution in [3.63, 3.8) is 0 Å². The van der Waals surface area contributed by atoms with Crippen molar-refractivity contribution < 1.29 is 0 Å². The number of aryl methyl sites for hydroxylation is 1. The van der Waals surface area contributed by atoms with Crippen molar-refractivity contribution in [3.05, 3.63) is 12.4 Å². The molecule has 1 aliphatic rings. The number of likely N-dealkylation sites (tertiary alicyclic amines) is 1. The largest absolute Gasteiger partial charge is 0.354 e. The van der Waals surface area contributed by atoms with Crippen LogP contribution in [0.15, 0.2) is 12.4 Å². The number of aromatic nitrogens is 2. The lowest BCUT2D eigenvalue weighted by molar-refractivity contribution is 0.194. The predicted octanol–water partition coefficient (Wildman–Crippen LogP) is 2.58. The molecule has 0 saturated carbocycles. The first-order chi connectivity index (χ1) is 8.81. The van der Waals surface area contributed by atoms with Gasteiger partial charge < -0.3 is 14.8 Å². The minimum absolute atomic E-state index is 0.662. The number of anilines is 1. The molecular formula is C14H26N4. The summed E-state index contributed by atoms with van der Waals surface area (Å²) in [5.74, 6) is 1.03. The molecule has 102 valence electrons. The summed E-state index contributed by atoms with van der Waals surface area (Å²) in [5, 5.41) is 3.51. The Labute approximate surface area is 110 Å². The van der Waals surface area contributed by atoms with Crippen LogP contribution in [0.1, 0.15) is 39.0 Å². The monoisotopic (exact) mass is 250 g/mol. The van der Waals surface area contributed by atoms with E-state index in [1.54, 1.807) is 0 Å². The zero-order valence-corrected chi connectivity index (χ0v) is 11.7. The Balaban J connectivity index is 1.83. The molecule has 0 aliphatic carbocycles. The summed E-state index contributed by atoms with van der Waals surface area (Å²) in [6.07, 6.45) is 10.4. The van der Waals surface area contributed by atoms with Crippen molar-refractivity contribution in [3.8, 4) is 0 Å². The zero-order valence-electron chi connectivity index (χ0n) is 11.7. The van der Waals surface area contributed by atoms with Crippen LogP contribution >= 0.6 is 0 Å². The van der Waals surface area contributed by atoms with E-state index in [1.165, 1.54) is 38.6 Å². The van der Waals surface area contributed by atoms with Gasteiger partial charge in [-0.1, -0.05) is 19.8 Å². The Kier molecular flexibility index (Phi) is 5.05. The number of hydrogen-bond donors (Lipinski definition) is 1. The smallest absolute Gasteiger partial charge is 0.202 e. The molecule has 4 heteroatoms. The first kappa shape index (κ1) is 13.4. The Bertz CT molecular complexity index is 347. The third-order valence-corrected chi connectivity index (χ3v) is 3.89. The van der Waals surface area contributed by atoms with E-state index in [9.17, 15) is 0 Å². The summed E-state index contributed by atoms with van der Waals surface area (Å²) in [5.41, 5.74) is 0. The van der Waals surface area contributed by atoms with Crippen LogP contribution in [0, 0.1) is 0 Å². The molecule has 18 heavy (non-hydrogen) atoms. The van der Waals surface area contributed by atoms with E-state index < -0.39 is 0 Å². The van der Waals surface area contributed by atoms with Crippen LogP contribution in [0.2, 0.25) is 0 Å². The van der Waals surface area contributed by atoms with Crippen LogP contribution in [0.4, 0.5) is 5.95 Å². The standard InChI is InChI=1S/C14H26N4/c1-3-4-10-18-11-8-15-14(18)16-12-13-7-5-6-9-17(13)2/h8,11,13H,3-7,9-10,12H2,1-2H3,(H,15,16). The van der Waals surface area contributed by atoms with Crippen molar-refractivity contribution in [2.75, 3.05) is 25.5 Å². The Hall–Kier alpha value is -1.03. The molecule has 1 saturated heterocycles. The van der Waals surface area contributed by atoms with Crippen LogP contribution in [0.5, 0.6) is 0 Å². The molecule has 1 aliphatic heterocycles. The maximum Gasteiger partial charge on any atom is 0.202 e. The summed E-state index contributed by atoms with van der Waals surface area (Å²) < 4.78 is 2.23. The van der Waals surface area contributed by atoms with Gasteiger partial charge in [0.15, 0.2) is 0 Å². The van der Waals surface area contributed by atoms with E-state index in [4.69, 9.17) is 0 Å². The fourth-order valence-electron chi connectivity index (χ4n) is 2.60. The molecule has 1 fully saturated rings. The van der Waals surface area contributed by atoms with Crippen molar-refractivity contribution in [1.29, 1.82) is 0 Å². The lowest BCUT2D eigenvalue weighted by atomic mass is 10.0. The molecule has 1 N–H and O–H groups in total. The molecule has 0 amide bonds. The number of unbranched alkanes of at least 4 members (excludes halogenated alkanes) is 1. The normalized spacial score (nSPS) is 21.1. The third-order valence-electron chi connectivity index (χ3n) is 3.89. The number of likely N-dealkylation sites (N-methyl/N-ethyl adjacent to an activating group) is 1. The van der Waals surface area contributed by atoms with Gasteiger partial charge in [0, 0.05) is 31.5 Å². The molecule has 0 aromatic carbocycles. The van der Waals surface area contributed by atoms with Crippen molar-refractivity contribution >= 4 is 5.95 Å². The van der Waals surface area contributed by atoms with Crippen molar-refractivity contribution in [1.82, 2.24) is 14.5 Å². The molecule has 0 spiro atoms. The molecule has 0 bridgehead atoms. The van der Waals surface area contributed by atoms with Crippen molar-refractivity contribution in [2.24, 2.45) is 0 Å². The fourth-order valence-corrected chi connectivity index (χ4v) is 2.60. The summed E-state index contributed by atoms with van der Waals surface area (Å²) in [6, 6.07) is 0.662. The van der Waals surface area contributed by atoms with Crippen LogP contribution in [0.25, 0.3) is 0 Å². The van der Waals surface area contributed by atoms with Gasteiger partial charge in [0.05, 0.1) is 0 Å². The second kappa shape index (κ2) is 6.78. The van der Waals surface area contributed by atoms with Crippen molar-refractivity contribution in [2.45, 2.75) is 51.6 Å². The fraction of sp³-hybridized carbons (Fsp3) is 0.786. The molecule has 4 nitrogen and oxygen atoms in total. The summed E-state index contributed by atoms with van der Waals surface area (Å²) in [4.78, 5) is 6.88. The molecule has 1 aromatic heterocycles. The van der Waals surface area contributed by atoms with Gasteiger partial charge in [-0.2, -0.15) is 0 Å². The highest BCUT2D eigenvalue weighted by Gasteiger charge is 2.18.